The van der Waals surface area contributed by atoms with Gasteiger partial charge in [0, 0.05) is 25.9 Å². The lowest BCUT2D eigenvalue weighted by molar-refractivity contribution is -0.165. The molecule has 104 valence electrons. The summed E-state index contributed by atoms with van der Waals surface area (Å²) in [5.41, 5.74) is -0.698. The summed E-state index contributed by atoms with van der Waals surface area (Å²) in [4.78, 5) is 24.8. The van der Waals surface area contributed by atoms with Gasteiger partial charge in [0.05, 0.1) is 5.92 Å². The molecule has 0 bridgehead atoms. The number of carboxylic acids is 1. The minimum Gasteiger partial charge on any atom is -0.479 e. The lowest BCUT2D eigenvalue weighted by atomic mass is 9.90. The molecule has 1 aromatic heterocycles. The molecule has 1 saturated heterocycles. The number of nitrogens with zero attached hydrogens (tertiary/aromatic N) is 1. The minimum atomic E-state index is -1.68. The first-order chi connectivity index (χ1) is 8.94. The molecule has 0 aliphatic carbocycles. The summed E-state index contributed by atoms with van der Waals surface area (Å²) in [6.45, 7) is 2.43. The van der Waals surface area contributed by atoms with Gasteiger partial charge in [-0.1, -0.05) is 0 Å². The van der Waals surface area contributed by atoms with Gasteiger partial charge in [-0.05, 0) is 29.3 Å². The molecule has 19 heavy (non-hydrogen) atoms. The Morgan fingerprint density at radius 3 is 2.53 bits per heavy atom. The Kier molecular flexibility index (Phi) is 3.91. The van der Waals surface area contributed by atoms with E-state index in [0.29, 0.717) is 0 Å². The molecule has 1 aliphatic heterocycles. The Bertz CT molecular complexity index is 463. The highest BCUT2D eigenvalue weighted by molar-refractivity contribution is 7.08. The Balaban J connectivity index is 1.98. The first kappa shape index (κ1) is 14.0. The van der Waals surface area contributed by atoms with Crippen LogP contribution in [-0.4, -0.2) is 45.7 Å². The lowest BCUT2D eigenvalue weighted by Crippen LogP contribution is -2.51. The quantitative estimate of drug-likeness (QED) is 0.876. The minimum absolute atomic E-state index is 0.00848. The summed E-state index contributed by atoms with van der Waals surface area (Å²) in [6.07, 6.45) is 0.175. The second-order valence-electron chi connectivity index (χ2n) is 4.94. The van der Waals surface area contributed by atoms with Crippen molar-refractivity contribution in [2.75, 3.05) is 13.1 Å². The van der Waals surface area contributed by atoms with Crippen molar-refractivity contribution >= 4 is 23.2 Å². The number of rotatable bonds is 3. The molecule has 1 aromatic rings. The fraction of sp³-hybridized carbons (Fsp3) is 0.538. The fourth-order valence-corrected chi connectivity index (χ4v) is 3.00. The number of aliphatic hydroxyl groups is 1. The van der Waals surface area contributed by atoms with Gasteiger partial charge in [-0.3, -0.25) is 4.79 Å². The first-order valence-electron chi connectivity index (χ1n) is 6.21. The van der Waals surface area contributed by atoms with Crippen LogP contribution in [0.3, 0.4) is 0 Å². The maximum absolute atomic E-state index is 12.3. The Hall–Kier alpha value is -1.40. The summed E-state index contributed by atoms with van der Waals surface area (Å²) >= 11 is 1.55. The zero-order chi connectivity index (χ0) is 14.0. The monoisotopic (exact) mass is 283 g/mol. The zero-order valence-electron chi connectivity index (χ0n) is 10.7. The van der Waals surface area contributed by atoms with Crippen LogP contribution in [0.5, 0.6) is 0 Å². The number of amides is 1. The van der Waals surface area contributed by atoms with Crippen LogP contribution in [0.4, 0.5) is 0 Å². The molecule has 6 heteroatoms. The Labute approximate surface area is 115 Å². The van der Waals surface area contributed by atoms with Gasteiger partial charge in [0.15, 0.2) is 5.60 Å². The second-order valence-corrected chi connectivity index (χ2v) is 5.72. The van der Waals surface area contributed by atoms with E-state index >= 15 is 0 Å². The van der Waals surface area contributed by atoms with Crippen molar-refractivity contribution in [2.24, 2.45) is 0 Å². The predicted octanol–water partition coefficient (Wildman–Crippen LogP) is 1.29. The van der Waals surface area contributed by atoms with Crippen LogP contribution in [0, 0.1) is 0 Å². The lowest BCUT2D eigenvalue weighted by Gasteiger charge is -2.36. The smallest absolute Gasteiger partial charge is 0.335 e. The van der Waals surface area contributed by atoms with Crippen molar-refractivity contribution in [2.45, 2.75) is 31.3 Å². The van der Waals surface area contributed by atoms with Crippen LogP contribution in [0.1, 0.15) is 31.2 Å². The summed E-state index contributed by atoms with van der Waals surface area (Å²) in [5.74, 6) is -1.43. The van der Waals surface area contributed by atoms with Crippen molar-refractivity contribution in [1.29, 1.82) is 0 Å². The molecule has 0 radical (unpaired) electrons. The maximum Gasteiger partial charge on any atom is 0.335 e. The number of carbonyl (C=O) groups excluding carboxylic acids is 1. The van der Waals surface area contributed by atoms with Crippen molar-refractivity contribution in [3.8, 4) is 0 Å². The predicted molar refractivity (Wildman–Crippen MR) is 71.1 cm³/mol. The van der Waals surface area contributed by atoms with Crippen LogP contribution in [0.25, 0.3) is 0 Å². The molecule has 2 rings (SSSR count). The van der Waals surface area contributed by atoms with Crippen LogP contribution in [0.15, 0.2) is 16.8 Å². The first-order valence-corrected chi connectivity index (χ1v) is 7.15. The highest BCUT2D eigenvalue weighted by Gasteiger charge is 2.41. The third-order valence-electron chi connectivity index (χ3n) is 3.71. The number of aliphatic carboxylic acids is 1. The van der Waals surface area contributed by atoms with E-state index in [-0.39, 0.29) is 37.8 Å². The van der Waals surface area contributed by atoms with Crippen molar-refractivity contribution in [3.05, 3.63) is 22.4 Å². The SMILES string of the molecule is CC(C(=O)N1CCC(O)(C(=O)O)CC1)c1ccsc1. The summed E-state index contributed by atoms with van der Waals surface area (Å²) in [5, 5.41) is 22.6. The molecule has 1 aliphatic rings. The molecule has 0 aromatic carbocycles. The van der Waals surface area contributed by atoms with Crippen LogP contribution in [0.2, 0.25) is 0 Å². The van der Waals surface area contributed by atoms with Crippen LogP contribution >= 0.6 is 11.3 Å². The third-order valence-corrected chi connectivity index (χ3v) is 4.42. The molecular weight excluding hydrogens is 266 g/mol. The molecule has 2 heterocycles. The van der Waals surface area contributed by atoms with Gasteiger partial charge in [-0.25, -0.2) is 4.79 Å². The van der Waals surface area contributed by atoms with E-state index in [1.807, 2.05) is 23.8 Å². The molecule has 1 amide bonds. The van der Waals surface area contributed by atoms with E-state index in [9.17, 15) is 14.7 Å². The van der Waals surface area contributed by atoms with E-state index in [1.54, 1.807) is 16.2 Å². The molecule has 1 atom stereocenters. The van der Waals surface area contributed by atoms with Gasteiger partial charge in [-0.2, -0.15) is 11.3 Å². The molecule has 0 spiro atoms. The highest BCUT2D eigenvalue weighted by Crippen LogP contribution is 2.26. The number of hydrogen-bond donors (Lipinski definition) is 2. The average molecular weight is 283 g/mol. The summed E-state index contributed by atoms with van der Waals surface area (Å²) in [6, 6.07) is 1.92. The number of carbonyl (C=O) groups is 2. The molecule has 2 N–H and O–H groups in total. The van der Waals surface area contributed by atoms with Gasteiger partial charge < -0.3 is 15.1 Å². The maximum atomic E-state index is 12.3. The van der Waals surface area contributed by atoms with Gasteiger partial charge >= 0.3 is 5.97 Å². The van der Waals surface area contributed by atoms with Crippen LogP contribution in [-0.2, 0) is 9.59 Å². The van der Waals surface area contributed by atoms with E-state index in [4.69, 9.17) is 5.11 Å². The van der Waals surface area contributed by atoms with Gasteiger partial charge in [0.2, 0.25) is 5.91 Å². The Morgan fingerprint density at radius 2 is 2.05 bits per heavy atom. The molecule has 1 fully saturated rings. The van der Waals surface area contributed by atoms with Crippen molar-refractivity contribution in [1.82, 2.24) is 4.90 Å². The van der Waals surface area contributed by atoms with Gasteiger partial charge in [0.1, 0.15) is 0 Å². The molecule has 5 nitrogen and oxygen atoms in total. The Morgan fingerprint density at radius 1 is 1.42 bits per heavy atom. The number of hydrogen-bond acceptors (Lipinski definition) is 4. The second kappa shape index (κ2) is 5.30. The van der Waals surface area contributed by atoms with Crippen molar-refractivity contribution < 1.29 is 19.8 Å². The average Bonchev–Trinajstić information content (AvgIpc) is 2.91. The van der Waals surface area contributed by atoms with E-state index in [1.165, 1.54) is 0 Å². The number of thiophene rings is 1. The van der Waals surface area contributed by atoms with Gasteiger partial charge in [0.25, 0.3) is 0 Å². The highest BCUT2D eigenvalue weighted by atomic mass is 32.1. The number of likely N-dealkylation sites (tertiary alicyclic amines) is 1. The summed E-state index contributed by atoms with van der Waals surface area (Å²) < 4.78 is 0. The van der Waals surface area contributed by atoms with Crippen LogP contribution < -0.4 is 0 Å². The third kappa shape index (κ3) is 2.79. The number of carboxylic acid groups (broad SMARTS) is 1. The summed E-state index contributed by atoms with van der Waals surface area (Å²) in [7, 11) is 0. The van der Waals surface area contributed by atoms with Gasteiger partial charge in [-0.15, -0.1) is 0 Å². The molecule has 1 unspecified atom stereocenters. The molecular formula is C13H17NO4S. The zero-order valence-corrected chi connectivity index (χ0v) is 11.5. The normalized spacial score (nSPS) is 20.0. The standard InChI is InChI=1S/C13H17NO4S/c1-9(10-2-7-19-8-10)11(15)14-5-3-13(18,4-6-14)12(16)17/h2,7-9,18H,3-6H2,1H3,(H,16,17). The van der Waals surface area contributed by atoms with E-state index in [0.717, 1.165) is 5.56 Å². The fourth-order valence-electron chi connectivity index (χ4n) is 2.25. The van der Waals surface area contributed by atoms with E-state index < -0.39 is 11.6 Å². The molecule has 0 saturated carbocycles. The van der Waals surface area contributed by atoms with Crippen molar-refractivity contribution in [3.63, 3.8) is 0 Å². The number of piperidine rings is 1. The largest absolute Gasteiger partial charge is 0.479 e. The van der Waals surface area contributed by atoms with E-state index in [2.05, 4.69) is 0 Å². The topological polar surface area (TPSA) is 77.8 Å².